The van der Waals surface area contributed by atoms with Gasteiger partial charge in [-0.3, -0.25) is 9.59 Å². The van der Waals surface area contributed by atoms with Crippen molar-refractivity contribution in [3.8, 4) is 0 Å². The predicted octanol–water partition coefficient (Wildman–Crippen LogP) is 1.94. The summed E-state index contributed by atoms with van der Waals surface area (Å²) in [6.45, 7) is 8.94. The van der Waals surface area contributed by atoms with Crippen molar-refractivity contribution in [2.24, 2.45) is 11.3 Å². The number of carbonyl (C=O) groups excluding carboxylic acids is 2. The van der Waals surface area contributed by atoms with Crippen molar-refractivity contribution < 1.29 is 9.59 Å². The molecular formula is C15H26N2O2. The summed E-state index contributed by atoms with van der Waals surface area (Å²) in [5, 5.41) is 2.87. The molecule has 2 unspecified atom stereocenters. The molecule has 2 atom stereocenters. The third-order valence-corrected chi connectivity index (χ3v) is 4.56. The van der Waals surface area contributed by atoms with Crippen molar-refractivity contribution in [1.82, 2.24) is 10.2 Å². The lowest BCUT2D eigenvalue weighted by Crippen LogP contribution is -2.64. The van der Waals surface area contributed by atoms with E-state index in [0.717, 1.165) is 13.0 Å². The van der Waals surface area contributed by atoms with Crippen molar-refractivity contribution in [2.45, 2.75) is 65.5 Å². The fraction of sp³-hybridized carbons (Fsp3) is 0.867. The Kier molecular flexibility index (Phi) is 3.88. The van der Waals surface area contributed by atoms with Gasteiger partial charge in [-0.15, -0.1) is 0 Å². The van der Waals surface area contributed by atoms with Gasteiger partial charge in [0.15, 0.2) is 0 Å². The summed E-state index contributed by atoms with van der Waals surface area (Å²) in [5.74, 6) is 0.505. The van der Waals surface area contributed by atoms with Crippen molar-refractivity contribution in [1.29, 1.82) is 0 Å². The zero-order valence-corrected chi connectivity index (χ0v) is 12.5. The number of nitrogens with one attached hydrogen (secondary N) is 1. The minimum Gasteiger partial charge on any atom is -0.343 e. The molecule has 1 heterocycles. The second-order valence-electron chi connectivity index (χ2n) is 7.00. The molecule has 0 spiro atoms. The molecule has 0 bridgehead atoms. The second kappa shape index (κ2) is 5.14. The second-order valence-corrected chi connectivity index (χ2v) is 7.00. The lowest BCUT2D eigenvalue weighted by Gasteiger charge is -2.46. The largest absolute Gasteiger partial charge is 0.343 e. The van der Waals surface area contributed by atoms with Crippen LogP contribution >= 0.6 is 0 Å². The Labute approximate surface area is 115 Å². The predicted molar refractivity (Wildman–Crippen MR) is 74.5 cm³/mol. The number of nitrogens with zero attached hydrogens (tertiary/aromatic N) is 1. The third-order valence-electron chi connectivity index (χ3n) is 4.56. The van der Waals surface area contributed by atoms with E-state index in [4.69, 9.17) is 0 Å². The molecule has 1 saturated heterocycles. The lowest BCUT2D eigenvalue weighted by molar-refractivity contribution is -0.151. The summed E-state index contributed by atoms with van der Waals surface area (Å²) >= 11 is 0. The number of hydrogen-bond donors (Lipinski definition) is 1. The molecule has 4 nitrogen and oxygen atoms in total. The van der Waals surface area contributed by atoms with Crippen LogP contribution < -0.4 is 5.32 Å². The molecule has 0 aromatic rings. The van der Waals surface area contributed by atoms with Crippen LogP contribution in [0, 0.1) is 11.3 Å². The SMILES string of the molecule is CC(C)CC1NC(=O)C(C)N(CC2(C)CCC2)C1=O. The lowest BCUT2D eigenvalue weighted by atomic mass is 9.70. The molecule has 1 aliphatic carbocycles. The Bertz CT molecular complexity index is 374. The molecular weight excluding hydrogens is 240 g/mol. The standard InChI is InChI=1S/C15H26N2O2/c1-10(2)8-12-14(19)17(11(3)13(18)16-12)9-15(4)6-5-7-15/h10-12H,5-9H2,1-4H3,(H,16,18). The van der Waals surface area contributed by atoms with E-state index in [0.29, 0.717) is 5.92 Å². The molecule has 0 aromatic heterocycles. The van der Waals surface area contributed by atoms with Crippen LogP contribution in [0.3, 0.4) is 0 Å². The Morgan fingerprint density at radius 3 is 2.47 bits per heavy atom. The van der Waals surface area contributed by atoms with E-state index in [1.165, 1.54) is 19.3 Å². The first-order chi connectivity index (χ1) is 8.82. The van der Waals surface area contributed by atoms with Gasteiger partial charge in [-0.2, -0.15) is 0 Å². The number of rotatable bonds is 4. The molecule has 1 aliphatic heterocycles. The van der Waals surface area contributed by atoms with Crippen LogP contribution in [0.1, 0.15) is 53.4 Å². The molecule has 108 valence electrons. The van der Waals surface area contributed by atoms with Crippen LogP contribution in [-0.2, 0) is 9.59 Å². The first-order valence-corrected chi connectivity index (χ1v) is 7.43. The number of amides is 2. The van der Waals surface area contributed by atoms with Crippen molar-refractivity contribution >= 4 is 11.8 Å². The Balaban J connectivity index is 2.09. The smallest absolute Gasteiger partial charge is 0.245 e. The fourth-order valence-electron chi connectivity index (χ4n) is 3.08. The van der Waals surface area contributed by atoms with Crippen LogP contribution in [0.2, 0.25) is 0 Å². The van der Waals surface area contributed by atoms with Crippen LogP contribution in [-0.4, -0.2) is 35.3 Å². The van der Waals surface area contributed by atoms with Gasteiger partial charge in [0.1, 0.15) is 12.1 Å². The van der Waals surface area contributed by atoms with Crippen LogP contribution in [0.5, 0.6) is 0 Å². The zero-order chi connectivity index (χ0) is 14.2. The van der Waals surface area contributed by atoms with Gasteiger partial charge in [0, 0.05) is 6.54 Å². The van der Waals surface area contributed by atoms with Gasteiger partial charge in [-0.25, -0.2) is 0 Å². The zero-order valence-electron chi connectivity index (χ0n) is 12.5. The summed E-state index contributed by atoms with van der Waals surface area (Å²) in [4.78, 5) is 26.4. The highest BCUT2D eigenvalue weighted by Gasteiger charge is 2.43. The van der Waals surface area contributed by atoms with Gasteiger partial charge in [0.05, 0.1) is 0 Å². The fourth-order valence-corrected chi connectivity index (χ4v) is 3.08. The maximum absolute atomic E-state index is 12.5. The number of hydrogen-bond acceptors (Lipinski definition) is 2. The summed E-state index contributed by atoms with van der Waals surface area (Å²) in [7, 11) is 0. The van der Waals surface area contributed by atoms with Crippen LogP contribution in [0.15, 0.2) is 0 Å². The quantitative estimate of drug-likeness (QED) is 0.845. The summed E-state index contributed by atoms with van der Waals surface area (Å²) in [5.41, 5.74) is 0.226. The highest BCUT2D eigenvalue weighted by molar-refractivity contribution is 5.96. The van der Waals surface area contributed by atoms with Crippen molar-refractivity contribution in [3.63, 3.8) is 0 Å². The van der Waals surface area contributed by atoms with Crippen molar-refractivity contribution in [3.05, 3.63) is 0 Å². The summed E-state index contributed by atoms with van der Waals surface area (Å²) < 4.78 is 0. The van der Waals surface area contributed by atoms with Gasteiger partial charge in [-0.05, 0) is 37.5 Å². The normalized spacial score (nSPS) is 30.3. The molecule has 1 N–H and O–H groups in total. The highest BCUT2D eigenvalue weighted by Crippen LogP contribution is 2.41. The highest BCUT2D eigenvalue weighted by atomic mass is 16.2. The van der Waals surface area contributed by atoms with E-state index < -0.39 is 0 Å². The molecule has 4 heteroatoms. The topological polar surface area (TPSA) is 49.4 Å². The van der Waals surface area contributed by atoms with E-state index in [2.05, 4.69) is 26.1 Å². The first-order valence-electron chi connectivity index (χ1n) is 7.43. The maximum atomic E-state index is 12.5. The van der Waals surface area contributed by atoms with E-state index in [9.17, 15) is 9.59 Å². The molecule has 2 rings (SSSR count). The average Bonchev–Trinajstić information content (AvgIpc) is 2.29. The van der Waals surface area contributed by atoms with E-state index in [-0.39, 0.29) is 29.3 Å². The Hall–Kier alpha value is -1.06. The monoisotopic (exact) mass is 266 g/mol. The third kappa shape index (κ3) is 2.93. The van der Waals surface area contributed by atoms with E-state index in [1.807, 2.05) is 11.8 Å². The number of piperazine rings is 1. The molecule has 0 aromatic carbocycles. The van der Waals surface area contributed by atoms with Gasteiger partial charge >= 0.3 is 0 Å². The molecule has 2 aliphatic rings. The van der Waals surface area contributed by atoms with Gasteiger partial charge in [-0.1, -0.05) is 27.2 Å². The minimum absolute atomic E-state index is 0.00632. The molecule has 2 fully saturated rings. The number of carbonyl (C=O) groups is 2. The summed E-state index contributed by atoms with van der Waals surface area (Å²) in [6, 6.07) is -0.652. The first kappa shape index (κ1) is 14.4. The van der Waals surface area contributed by atoms with Gasteiger partial charge < -0.3 is 10.2 Å². The average molecular weight is 266 g/mol. The molecule has 2 amide bonds. The van der Waals surface area contributed by atoms with E-state index in [1.54, 1.807) is 0 Å². The van der Waals surface area contributed by atoms with Gasteiger partial charge in [0.25, 0.3) is 0 Å². The molecule has 0 radical (unpaired) electrons. The Morgan fingerprint density at radius 1 is 1.37 bits per heavy atom. The molecule has 19 heavy (non-hydrogen) atoms. The molecule has 1 saturated carbocycles. The van der Waals surface area contributed by atoms with E-state index >= 15 is 0 Å². The van der Waals surface area contributed by atoms with Crippen LogP contribution in [0.4, 0.5) is 0 Å². The minimum atomic E-state index is -0.327. The maximum Gasteiger partial charge on any atom is 0.245 e. The van der Waals surface area contributed by atoms with Crippen molar-refractivity contribution in [2.75, 3.05) is 6.54 Å². The van der Waals surface area contributed by atoms with Gasteiger partial charge in [0.2, 0.25) is 11.8 Å². The summed E-state index contributed by atoms with van der Waals surface area (Å²) in [6.07, 6.45) is 4.30. The van der Waals surface area contributed by atoms with Crippen LogP contribution in [0.25, 0.3) is 0 Å². The Morgan fingerprint density at radius 2 is 2.00 bits per heavy atom.